The van der Waals surface area contributed by atoms with Crippen LogP contribution >= 0.6 is 0 Å². The Bertz CT molecular complexity index is 138. The van der Waals surface area contributed by atoms with Crippen LogP contribution in [0.3, 0.4) is 0 Å². The standard InChI is InChI=1S/C11H23N/c1-9(2)11(3,8-12-4)10-6-5-7-10/h9-10,12H,5-8H2,1-4H3. The van der Waals surface area contributed by atoms with Crippen LogP contribution in [-0.2, 0) is 0 Å². The van der Waals surface area contributed by atoms with Gasteiger partial charge in [-0.05, 0) is 37.1 Å². The molecule has 1 aliphatic carbocycles. The van der Waals surface area contributed by atoms with Crippen LogP contribution in [0.5, 0.6) is 0 Å². The van der Waals surface area contributed by atoms with Crippen molar-refractivity contribution in [3.05, 3.63) is 0 Å². The van der Waals surface area contributed by atoms with Crippen LogP contribution in [0.25, 0.3) is 0 Å². The summed E-state index contributed by atoms with van der Waals surface area (Å²) < 4.78 is 0. The molecule has 1 N–H and O–H groups in total. The normalized spacial score (nSPS) is 23.8. The van der Waals surface area contributed by atoms with E-state index in [9.17, 15) is 0 Å². The first-order chi connectivity index (χ1) is 5.61. The fourth-order valence-electron chi connectivity index (χ4n) is 2.27. The van der Waals surface area contributed by atoms with Gasteiger partial charge < -0.3 is 5.32 Å². The summed E-state index contributed by atoms with van der Waals surface area (Å²) in [5.74, 6) is 1.78. The van der Waals surface area contributed by atoms with Gasteiger partial charge in [-0.1, -0.05) is 27.2 Å². The molecule has 1 unspecified atom stereocenters. The van der Waals surface area contributed by atoms with Crippen LogP contribution in [0, 0.1) is 17.3 Å². The molecule has 0 saturated heterocycles. The summed E-state index contributed by atoms with van der Waals surface area (Å²) in [4.78, 5) is 0. The van der Waals surface area contributed by atoms with Crippen molar-refractivity contribution < 1.29 is 0 Å². The lowest BCUT2D eigenvalue weighted by atomic mass is 9.61. The van der Waals surface area contributed by atoms with Gasteiger partial charge in [-0.3, -0.25) is 0 Å². The van der Waals surface area contributed by atoms with E-state index in [1.807, 2.05) is 0 Å². The fourth-order valence-corrected chi connectivity index (χ4v) is 2.27. The molecule has 1 fully saturated rings. The first-order valence-corrected chi connectivity index (χ1v) is 5.26. The molecule has 1 rings (SSSR count). The number of rotatable bonds is 4. The molecule has 0 aromatic heterocycles. The molecule has 0 bridgehead atoms. The second-order valence-electron chi connectivity index (χ2n) is 4.82. The SMILES string of the molecule is CNCC(C)(C(C)C)C1CCC1. The Kier molecular flexibility index (Phi) is 3.16. The molecule has 1 saturated carbocycles. The maximum atomic E-state index is 3.34. The van der Waals surface area contributed by atoms with Crippen molar-refractivity contribution in [2.24, 2.45) is 17.3 Å². The highest BCUT2D eigenvalue weighted by molar-refractivity contribution is 4.90. The zero-order valence-electron chi connectivity index (χ0n) is 8.98. The first kappa shape index (κ1) is 10.0. The van der Waals surface area contributed by atoms with E-state index in [0.717, 1.165) is 11.8 Å². The third-order valence-corrected chi connectivity index (χ3v) is 3.91. The molecule has 0 spiro atoms. The van der Waals surface area contributed by atoms with Gasteiger partial charge in [0.05, 0.1) is 0 Å². The molecule has 0 amide bonds. The average molecular weight is 169 g/mol. The summed E-state index contributed by atoms with van der Waals surface area (Å²) >= 11 is 0. The van der Waals surface area contributed by atoms with Crippen LogP contribution in [0.15, 0.2) is 0 Å². The molecular weight excluding hydrogens is 146 g/mol. The van der Waals surface area contributed by atoms with E-state index in [1.165, 1.54) is 25.8 Å². The van der Waals surface area contributed by atoms with Crippen LogP contribution in [0.4, 0.5) is 0 Å². The molecule has 1 heteroatoms. The minimum Gasteiger partial charge on any atom is -0.319 e. The summed E-state index contributed by atoms with van der Waals surface area (Å²) in [6, 6.07) is 0. The molecule has 12 heavy (non-hydrogen) atoms. The zero-order chi connectivity index (χ0) is 9.19. The van der Waals surface area contributed by atoms with E-state index in [2.05, 4.69) is 33.1 Å². The van der Waals surface area contributed by atoms with E-state index in [0.29, 0.717) is 5.41 Å². The van der Waals surface area contributed by atoms with Crippen molar-refractivity contribution >= 4 is 0 Å². The Hall–Kier alpha value is -0.0400. The molecule has 1 aliphatic rings. The van der Waals surface area contributed by atoms with E-state index in [-0.39, 0.29) is 0 Å². The number of nitrogens with one attached hydrogen (secondary N) is 1. The lowest BCUT2D eigenvalue weighted by Crippen LogP contribution is -2.43. The molecule has 0 heterocycles. The highest BCUT2D eigenvalue weighted by Crippen LogP contribution is 2.45. The van der Waals surface area contributed by atoms with Gasteiger partial charge >= 0.3 is 0 Å². The first-order valence-electron chi connectivity index (χ1n) is 5.26. The summed E-state index contributed by atoms with van der Waals surface area (Å²) in [7, 11) is 2.07. The third-order valence-electron chi connectivity index (χ3n) is 3.91. The molecule has 0 aromatic carbocycles. The topological polar surface area (TPSA) is 12.0 Å². The van der Waals surface area contributed by atoms with Gasteiger partial charge in [-0.2, -0.15) is 0 Å². The predicted molar refractivity (Wildman–Crippen MR) is 54.2 cm³/mol. The quantitative estimate of drug-likeness (QED) is 0.682. The summed E-state index contributed by atoms with van der Waals surface area (Å²) in [5, 5.41) is 3.34. The Balaban J connectivity index is 2.56. The van der Waals surface area contributed by atoms with E-state index >= 15 is 0 Å². The predicted octanol–water partition coefficient (Wildman–Crippen LogP) is 2.67. The van der Waals surface area contributed by atoms with Crippen LogP contribution in [-0.4, -0.2) is 13.6 Å². The highest BCUT2D eigenvalue weighted by Gasteiger charge is 2.39. The summed E-state index contributed by atoms with van der Waals surface area (Å²) in [6.45, 7) is 8.33. The fraction of sp³-hybridized carbons (Fsp3) is 1.00. The van der Waals surface area contributed by atoms with Gasteiger partial charge in [0.2, 0.25) is 0 Å². The van der Waals surface area contributed by atoms with Crippen molar-refractivity contribution in [1.29, 1.82) is 0 Å². The Morgan fingerprint density at radius 2 is 2.00 bits per heavy atom. The Morgan fingerprint density at radius 1 is 1.42 bits per heavy atom. The van der Waals surface area contributed by atoms with Crippen molar-refractivity contribution in [2.75, 3.05) is 13.6 Å². The zero-order valence-corrected chi connectivity index (χ0v) is 8.98. The maximum Gasteiger partial charge on any atom is 0.000726 e. The molecular formula is C11H23N. The van der Waals surface area contributed by atoms with Crippen LogP contribution < -0.4 is 5.32 Å². The molecule has 72 valence electrons. The number of hydrogen-bond donors (Lipinski definition) is 1. The lowest BCUT2D eigenvalue weighted by Gasteiger charge is -2.46. The van der Waals surface area contributed by atoms with Gasteiger partial charge in [0.1, 0.15) is 0 Å². The van der Waals surface area contributed by atoms with Crippen molar-refractivity contribution in [2.45, 2.75) is 40.0 Å². The number of hydrogen-bond acceptors (Lipinski definition) is 1. The van der Waals surface area contributed by atoms with E-state index in [1.54, 1.807) is 0 Å². The molecule has 1 nitrogen and oxygen atoms in total. The van der Waals surface area contributed by atoms with Gasteiger partial charge in [0.15, 0.2) is 0 Å². The molecule has 0 radical (unpaired) electrons. The minimum atomic E-state index is 0.535. The van der Waals surface area contributed by atoms with Crippen molar-refractivity contribution in [3.63, 3.8) is 0 Å². The maximum absolute atomic E-state index is 3.34. The summed E-state index contributed by atoms with van der Waals surface area (Å²) in [5.41, 5.74) is 0.535. The van der Waals surface area contributed by atoms with Gasteiger partial charge in [-0.25, -0.2) is 0 Å². The lowest BCUT2D eigenvalue weighted by molar-refractivity contribution is 0.0536. The molecule has 1 atom stereocenters. The Labute approximate surface area is 76.9 Å². The molecule has 0 aliphatic heterocycles. The second-order valence-corrected chi connectivity index (χ2v) is 4.82. The third kappa shape index (κ3) is 1.66. The average Bonchev–Trinajstić information content (AvgIpc) is 1.83. The van der Waals surface area contributed by atoms with Gasteiger partial charge in [-0.15, -0.1) is 0 Å². The van der Waals surface area contributed by atoms with E-state index in [4.69, 9.17) is 0 Å². The van der Waals surface area contributed by atoms with E-state index < -0.39 is 0 Å². The second kappa shape index (κ2) is 3.78. The van der Waals surface area contributed by atoms with Gasteiger partial charge in [0, 0.05) is 6.54 Å². The highest BCUT2D eigenvalue weighted by atomic mass is 14.8. The largest absolute Gasteiger partial charge is 0.319 e. The Morgan fingerprint density at radius 3 is 2.25 bits per heavy atom. The summed E-state index contributed by atoms with van der Waals surface area (Å²) in [6.07, 6.45) is 4.36. The van der Waals surface area contributed by atoms with Crippen molar-refractivity contribution in [1.82, 2.24) is 5.32 Å². The monoisotopic (exact) mass is 169 g/mol. The van der Waals surface area contributed by atoms with Crippen molar-refractivity contribution in [3.8, 4) is 0 Å². The van der Waals surface area contributed by atoms with Crippen LogP contribution in [0.1, 0.15) is 40.0 Å². The minimum absolute atomic E-state index is 0.535. The van der Waals surface area contributed by atoms with Gasteiger partial charge in [0.25, 0.3) is 0 Å². The van der Waals surface area contributed by atoms with Crippen LogP contribution in [0.2, 0.25) is 0 Å². The smallest absolute Gasteiger partial charge is 0.000726 e. The molecule has 0 aromatic rings.